The van der Waals surface area contributed by atoms with E-state index in [-0.39, 0.29) is 17.1 Å². The van der Waals surface area contributed by atoms with Gasteiger partial charge >= 0.3 is 0 Å². The van der Waals surface area contributed by atoms with E-state index in [2.05, 4.69) is 5.32 Å². The molecule has 3 N–H and O–H groups in total. The highest BCUT2D eigenvalue weighted by Gasteiger charge is 2.35. The van der Waals surface area contributed by atoms with Crippen molar-refractivity contribution in [3.63, 3.8) is 0 Å². The normalized spacial score (nSPS) is 16.2. The van der Waals surface area contributed by atoms with Gasteiger partial charge in [0.05, 0.1) is 0 Å². The molecule has 0 heterocycles. The number of nitrogens with one attached hydrogen (secondary N) is 1. The number of benzene rings is 2. The monoisotopic (exact) mass is 312 g/mol. The fraction of sp³-hybridized carbons (Fsp3) is 0.316. The van der Waals surface area contributed by atoms with E-state index in [0.717, 1.165) is 31.2 Å². The Morgan fingerprint density at radius 2 is 1.83 bits per heavy atom. The lowest BCUT2D eigenvalue weighted by Crippen LogP contribution is -2.39. The van der Waals surface area contributed by atoms with Crippen LogP contribution < -0.4 is 11.1 Å². The molecule has 1 saturated carbocycles. The topological polar surface area (TPSA) is 55.1 Å². The molecule has 0 aliphatic heterocycles. The molecule has 0 unspecified atom stereocenters. The van der Waals surface area contributed by atoms with Crippen molar-refractivity contribution in [3.05, 3.63) is 65.5 Å². The minimum atomic E-state index is -0.231. The molecule has 0 spiro atoms. The second kappa shape index (κ2) is 6.41. The van der Waals surface area contributed by atoms with Crippen LogP contribution in [0.25, 0.3) is 0 Å². The number of nitrogen functional groups attached to an aromatic ring is 1. The van der Waals surface area contributed by atoms with Crippen molar-refractivity contribution >= 4 is 11.6 Å². The number of hydrogen-bond donors (Lipinski definition) is 2. The summed E-state index contributed by atoms with van der Waals surface area (Å²) in [5.74, 6) is -0.351. The second-order valence-corrected chi connectivity index (χ2v) is 6.30. The second-order valence-electron chi connectivity index (χ2n) is 6.30. The molecule has 1 aliphatic rings. The summed E-state index contributed by atoms with van der Waals surface area (Å²) in [6.07, 6.45) is 4.28. The fourth-order valence-electron chi connectivity index (χ4n) is 3.45. The Balaban J connectivity index is 1.75. The molecule has 0 bridgehead atoms. The predicted octanol–water partition coefficient (Wildman–Crippen LogP) is 3.65. The first kappa shape index (κ1) is 15.5. The summed E-state index contributed by atoms with van der Waals surface area (Å²) in [7, 11) is 0. The van der Waals surface area contributed by atoms with Crippen LogP contribution in [0, 0.1) is 5.82 Å². The van der Waals surface area contributed by atoms with E-state index in [1.807, 2.05) is 12.1 Å². The molecule has 3 nitrogen and oxygen atoms in total. The van der Waals surface area contributed by atoms with Gasteiger partial charge in [-0.25, -0.2) is 4.39 Å². The maximum absolute atomic E-state index is 13.2. The van der Waals surface area contributed by atoms with Crippen molar-refractivity contribution in [3.8, 4) is 0 Å². The first-order valence-corrected chi connectivity index (χ1v) is 7.99. The Morgan fingerprint density at radius 3 is 2.48 bits per heavy atom. The molecule has 0 aromatic heterocycles. The van der Waals surface area contributed by atoms with Gasteiger partial charge in [0.15, 0.2) is 0 Å². The highest BCUT2D eigenvalue weighted by Crippen LogP contribution is 2.40. The molecule has 0 atom stereocenters. The van der Waals surface area contributed by atoms with Gasteiger partial charge in [0.1, 0.15) is 5.82 Å². The molecule has 1 aliphatic carbocycles. The molecule has 120 valence electrons. The van der Waals surface area contributed by atoms with Crippen LogP contribution in [-0.2, 0) is 5.41 Å². The summed E-state index contributed by atoms with van der Waals surface area (Å²) in [5.41, 5.74) is 7.88. The lowest BCUT2D eigenvalue weighted by molar-refractivity contribution is 0.0943. The van der Waals surface area contributed by atoms with Gasteiger partial charge < -0.3 is 11.1 Å². The van der Waals surface area contributed by atoms with Crippen molar-refractivity contribution in [1.82, 2.24) is 5.32 Å². The van der Waals surface area contributed by atoms with Crippen LogP contribution in [0.1, 0.15) is 41.6 Å². The average molecular weight is 312 g/mol. The molecular weight excluding hydrogens is 291 g/mol. The first-order valence-electron chi connectivity index (χ1n) is 7.99. The minimum absolute atomic E-state index is 0.0936. The van der Waals surface area contributed by atoms with E-state index in [1.165, 1.54) is 12.1 Å². The highest BCUT2D eigenvalue weighted by atomic mass is 19.1. The summed E-state index contributed by atoms with van der Waals surface area (Å²) in [4.78, 5) is 12.4. The number of amides is 1. The summed E-state index contributed by atoms with van der Waals surface area (Å²) >= 11 is 0. The smallest absolute Gasteiger partial charge is 0.251 e. The molecule has 1 amide bonds. The SMILES string of the molecule is Nc1cccc(C(=O)NCC2(c3ccc(F)cc3)CCCC2)c1. The van der Waals surface area contributed by atoms with Crippen molar-refractivity contribution in [2.24, 2.45) is 0 Å². The quantitative estimate of drug-likeness (QED) is 0.847. The Bertz CT molecular complexity index is 691. The van der Waals surface area contributed by atoms with E-state index in [4.69, 9.17) is 5.73 Å². The van der Waals surface area contributed by atoms with E-state index in [0.29, 0.717) is 17.8 Å². The van der Waals surface area contributed by atoms with Gasteiger partial charge in [-0.2, -0.15) is 0 Å². The predicted molar refractivity (Wildman–Crippen MR) is 89.7 cm³/mol. The Morgan fingerprint density at radius 1 is 1.13 bits per heavy atom. The van der Waals surface area contributed by atoms with Gasteiger partial charge in [0, 0.05) is 23.2 Å². The van der Waals surface area contributed by atoms with Crippen LogP contribution in [0.4, 0.5) is 10.1 Å². The van der Waals surface area contributed by atoms with Crippen LogP contribution in [0.5, 0.6) is 0 Å². The summed E-state index contributed by atoms with van der Waals surface area (Å²) in [6, 6.07) is 13.6. The summed E-state index contributed by atoms with van der Waals surface area (Å²) in [6.45, 7) is 0.562. The Hall–Kier alpha value is -2.36. The lowest BCUT2D eigenvalue weighted by Gasteiger charge is -2.30. The third-order valence-electron chi connectivity index (χ3n) is 4.75. The maximum atomic E-state index is 13.2. The zero-order valence-electron chi connectivity index (χ0n) is 13.0. The fourth-order valence-corrected chi connectivity index (χ4v) is 3.45. The molecule has 1 fully saturated rings. The molecular formula is C19H21FN2O. The molecule has 23 heavy (non-hydrogen) atoms. The maximum Gasteiger partial charge on any atom is 0.251 e. The third-order valence-corrected chi connectivity index (χ3v) is 4.75. The van der Waals surface area contributed by atoms with E-state index < -0.39 is 0 Å². The minimum Gasteiger partial charge on any atom is -0.399 e. The number of hydrogen-bond acceptors (Lipinski definition) is 2. The standard InChI is InChI=1S/C19H21FN2O/c20-16-8-6-15(7-9-16)19(10-1-2-11-19)13-22-18(23)14-4-3-5-17(21)12-14/h3-9,12H,1-2,10-11,13,21H2,(H,22,23). The van der Waals surface area contributed by atoms with Crippen LogP contribution in [-0.4, -0.2) is 12.5 Å². The summed E-state index contributed by atoms with van der Waals surface area (Å²) < 4.78 is 13.2. The molecule has 2 aromatic carbocycles. The lowest BCUT2D eigenvalue weighted by atomic mass is 9.78. The van der Waals surface area contributed by atoms with Gasteiger partial charge in [0.2, 0.25) is 0 Å². The number of anilines is 1. The third kappa shape index (κ3) is 3.36. The Kier molecular flexibility index (Phi) is 4.33. The van der Waals surface area contributed by atoms with Crippen molar-refractivity contribution in [1.29, 1.82) is 0 Å². The van der Waals surface area contributed by atoms with Crippen LogP contribution in [0.2, 0.25) is 0 Å². The molecule has 4 heteroatoms. The van der Waals surface area contributed by atoms with E-state index >= 15 is 0 Å². The van der Waals surface area contributed by atoms with Crippen molar-refractivity contribution in [2.45, 2.75) is 31.1 Å². The van der Waals surface area contributed by atoms with Crippen molar-refractivity contribution < 1.29 is 9.18 Å². The first-order chi connectivity index (χ1) is 11.1. The average Bonchev–Trinajstić information content (AvgIpc) is 3.03. The van der Waals surface area contributed by atoms with Gasteiger partial charge in [-0.15, -0.1) is 0 Å². The number of carbonyl (C=O) groups is 1. The number of nitrogens with two attached hydrogens (primary N) is 1. The van der Waals surface area contributed by atoms with Crippen LogP contribution >= 0.6 is 0 Å². The van der Waals surface area contributed by atoms with E-state index in [9.17, 15) is 9.18 Å². The van der Waals surface area contributed by atoms with Crippen LogP contribution in [0.15, 0.2) is 48.5 Å². The van der Waals surface area contributed by atoms with Gasteiger partial charge in [-0.1, -0.05) is 31.0 Å². The van der Waals surface area contributed by atoms with Gasteiger partial charge in [-0.3, -0.25) is 4.79 Å². The number of rotatable bonds is 4. The molecule has 2 aromatic rings. The number of halogens is 1. The van der Waals surface area contributed by atoms with Gasteiger partial charge in [0.25, 0.3) is 5.91 Å². The zero-order valence-corrected chi connectivity index (χ0v) is 13.0. The Labute approximate surface area is 135 Å². The molecule has 0 radical (unpaired) electrons. The van der Waals surface area contributed by atoms with Crippen LogP contribution in [0.3, 0.4) is 0 Å². The number of carbonyl (C=O) groups excluding carboxylic acids is 1. The summed E-state index contributed by atoms with van der Waals surface area (Å²) in [5, 5.41) is 3.03. The zero-order chi connectivity index (χ0) is 16.3. The van der Waals surface area contributed by atoms with Gasteiger partial charge in [-0.05, 0) is 48.7 Å². The van der Waals surface area contributed by atoms with E-state index in [1.54, 1.807) is 24.3 Å². The highest BCUT2D eigenvalue weighted by molar-refractivity contribution is 5.95. The largest absolute Gasteiger partial charge is 0.399 e. The molecule has 3 rings (SSSR count). The van der Waals surface area contributed by atoms with Crippen molar-refractivity contribution in [2.75, 3.05) is 12.3 Å². The molecule has 0 saturated heterocycles.